The van der Waals surface area contributed by atoms with Crippen molar-refractivity contribution in [1.29, 1.82) is 0 Å². The van der Waals surface area contributed by atoms with E-state index >= 15 is 0 Å². The van der Waals surface area contributed by atoms with Crippen molar-refractivity contribution in [2.45, 2.75) is 6.04 Å². The van der Waals surface area contributed by atoms with Crippen molar-refractivity contribution in [2.75, 3.05) is 0 Å². The number of rotatable bonds is 4. The number of benzene rings is 3. The number of aromatic nitrogens is 1. The SMILES string of the molecule is c1ccc(C(c2ccccc2)n2ccc3cc(-c4cccs4)ccc32)cc1. The molecule has 0 atom stereocenters. The molecule has 2 heterocycles. The molecule has 0 bridgehead atoms. The lowest BCUT2D eigenvalue weighted by atomic mass is 9.98. The van der Waals surface area contributed by atoms with E-state index in [-0.39, 0.29) is 6.04 Å². The molecule has 0 aliphatic rings. The zero-order valence-corrected chi connectivity index (χ0v) is 15.6. The molecule has 3 aromatic carbocycles. The molecule has 0 aliphatic heterocycles. The van der Waals surface area contributed by atoms with E-state index in [0.717, 1.165) is 0 Å². The maximum Gasteiger partial charge on any atom is 0.0839 e. The average molecular weight is 366 g/mol. The first kappa shape index (κ1) is 16.1. The molecular weight excluding hydrogens is 346 g/mol. The van der Waals surface area contributed by atoms with E-state index in [1.807, 2.05) is 0 Å². The van der Waals surface area contributed by atoms with Gasteiger partial charge in [-0.05, 0) is 46.3 Å². The van der Waals surface area contributed by atoms with Crippen LogP contribution in [0.1, 0.15) is 17.2 Å². The van der Waals surface area contributed by atoms with Gasteiger partial charge in [0, 0.05) is 22.0 Å². The quantitative estimate of drug-likeness (QED) is 0.323. The van der Waals surface area contributed by atoms with E-state index in [2.05, 4.69) is 113 Å². The van der Waals surface area contributed by atoms with Crippen LogP contribution in [-0.4, -0.2) is 4.57 Å². The van der Waals surface area contributed by atoms with Crippen LogP contribution in [0.4, 0.5) is 0 Å². The molecule has 5 rings (SSSR count). The highest BCUT2D eigenvalue weighted by Crippen LogP contribution is 2.33. The lowest BCUT2D eigenvalue weighted by Gasteiger charge is -2.21. The predicted octanol–water partition coefficient (Wildman–Crippen LogP) is 7.01. The van der Waals surface area contributed by atoms with Gasteiger partial charge in [-0.3, -0.25) is 0 Å². The lowest BCUT2D eigenvalue weighted by Crippen LogP contribution is -2.11. The van der Waals surface area contributed by atoms with Crippen molar-refractivity contribution in [3.63, 3.8) is 0 Å². The van der Waals surface area contributed by atoms with E-state index < -0.39 is 0 Å². The third-order valence-corrected chi connectivity index (χ3v) is 5.95. The van der Waals surface area contributed by atoms with Gasteiger partial charge in [-0.15, -0.1) is 11.3 Å². The number of hydrogen-bond donors (Lipinski definition) is 0. The minimum atomic E-state index is 0.164. The number of thiophene rings is 1. The summed E-state index contributed by atoms with van der Waals surface area (Å²) in [5.74, 6) is 0. The molecule has 130 valence electrons. The van der Waals surface area contributed by atoms with Crippen LogP contribution in [-0.2, 0) is 0 Å². The Bertz CT molecular complexity index is 1120. The van der Waals surface area contributed by atoms with Gasteiger partial charge in [-0.25, -0.2) is 0 Å². The average Bonchev–Trinajstić information content (AvgIpc) is 3.40. The first-order chi connectivity index (χ1) is 13.4. The molecule has 0 spiro atoms. The number of fused-ring (bicyclic) bond motifs is 1. The van der Waals surface area contributed by atoms with Crippen LogP contribution in [0, 0.1) is 0 Å². The second kappa shape index (κ2) is 6.90. The molecule has 27 heavy (non-hydrogen) atoms. The van der Waals surface area contributed by atoms with Crippen LogP contribution >= 0.6 is 11.3 Å². The van der Waals surface area contributed by atoms with Crippen molar-refractivity contribution in [1.82, 2.24) is 4.57 Å². The summed E-state index contributed by atoms with van der Waals surface area (Å²) < 4.78 is 2.39. The fraction of sp³-hybridized carbons (Fsp3) is 0.0400. The van der Waals surface area contributed by atoms with E-state index in [1.165, 1.54) is 32.5 Å². The van der Waals surface area contributed by atoms with Gasteiger partial charge in [0.1, 0.15) is 0 Å². The molecule has 0 radical (unpaired) electrons. The summed E-state index contributed by atoms with van der Waals surface area (Å²) in [6.07, 6.45) is 2.22. The third kappa shape index (κ3) is 2.98. The largest absolute Gasteiger partial charge is 0.336 e. The molecule has 1 nitrogen and oxygen atoms in total. The van der Waals surface area contributed by atoms with Crippen LogP contribution in [0.2, 0.25) is 0 Å². The Labute approximate surface area is 163 Å². The summed E-state index contributed by atoms with van der Waals surface area (Å²) in [6, 6.07) is 34.9. The highest BCUT2D eigenvalue weighted by Gasteiger charge is 2.17. The molecule has 0 amide bonds. The number of hydrogen-bond acceptors (Lipinski definition) is 1. The van der Waals surface area contributed by atoms with Gasteiger partial charge in [0.05, 0.1) is 6.04 Å². The summed E-state index contributed by atoms with van der Waals surface area (Å²) >= 11 is 1.78. The fourth-order valence-corrected chi connectivity index (χ4v) is 4.49. The summed E-state index contributed by atoms with van der Waals surface area (Å²) in [6.45, 7) is 0. The van der Waals surface area contributed by atoms with Crippen molar-refractivity contribution < 1.29 is 0 Å². The Hall–Kier alpha value is -3.10. The summed E-state index contributed by atoms with van der Waals surface area (Å²) in [5.41, 5.74) is 5.13. The molecule has 0 saturated carbocycles. The smallest absolute Gasteiger partial charge is 0.0839 e. The van der Waals surface area contributed by atoms with Gasteiger partial charge < -0.3 is 4.57 Å². The Morgan fingerprint density at radius 1 is 0.667 bits per heavy atom. The molecule has 0 unspecified atom stereocenters. The predicted molar refractivity (Wildman–Crippen MR) is 115 cm³/mol. The van der Waals surface area contributed by atoms with Gasteiger partial charge in [0.2, 0.25) is 0 Å². The monoisotopic (exact) mass is 365 g/mol. The normalized spacial score (nSPS) is 11.3. The maximum atomic E-state index is 2.39. The first-order valence-electron chi connectivity index (χ1n) is 9.14. The van der Waals surface area contributed by atoms with E-state index in [0.29, 0.717) is 0 Å². The molecular formula is C25H19NS. The molecule has 2 aromatic heterocycles. The first-order valence-corrected chi connectivity index (χ1v) is 10.0. The van der Waals surface area contributed by atoms with Crippen LogP contribution in [0.3, 0.4) is 0 Å². The topological polar surface area (TPSA) is 4.93 Å². The highest BCUT2D eigenvalue weighted by atomic mass is 32.1. The van der Waals surface area contributed by atoms with Crippen LogP contribution < -0.4 is 0 Å². The minimum absolute atomic E-state index is 0.164. The molecule has 0 N–H and O–H groups in total. The summed E-state index contributed by atoms with van der Waals surface area (Å²) in [7, 11) is 0. The van der Waals surface area contributed by atoms with Crippen molar-refractivity contribution in [2.24, 2.45) is 0 Å². The third-order valence-electron chi connectivity index (χ3n) is 5.03. The van der Waals surface area contributed by atoms with Gasteiger partial charge in [0.15, 0.2) is 0 Å². The lowest BCUT2D eigenvalue weighted by molar-refractivity contribution is 0.705. The van der Waals surface area contributed by atoms with Crippen molar-refractivity contribution in [3.8, 4) is 10.4 Å². The highest BCUT2D eigenvalue weighted by molar-refractivity contribution is 7.13. The van der Waals surface area contributed by atoms with Gasteiger partial charge in [-0.2, -0.15) is 0 Å². The molecule has 5 aromatic rings. The van der Waals surface area contributed by atoms with Crippen LogP contribution in [0.25, 0.3) is 21.3 Å². The second-order valence-electron chi connectivity index (χ2n) is 6.70. The van der Waals surface area contributed by atoms with Gasteiger partial charge in [-0.1, -0.05) is 72.8 Å². The van der Waals surface area contributed by atoms with E-state index in [1.54, 1.807) is 11.3 Å². The molecule has 2 heteroatoms. The molecule has 0 saturated heterocycles. The maximum absolute atomic E-state index is 2.39. The Kier molecular flexibility index (Phi) is 4.11. The molecule has 0 aliphatic carbocycles. The fourth-order valence-electron chi connectivity index (χ4n) is 3.77. The Balaban J connectivity index is 1.67. The van der Waals surface area contributed by atoms with E-state index in [4.69, 9.17) is 0 Å². The summed E-state index contributed by atoms with van der Waals surface area (Å²) in [4.78, 5) is 1.31. The second-order valence-corrected chi connectivity index (χ2v) is 7.65. The van der Waals surface area contributed by atoms with Crippen LogP contribution in [0.15, 0.2) is 109 Å². The molecule has 0 fully saturated rings. The van der Waals surface area contributed by atoms with Crippen molar-refractivity contribution >= 4 is 22.2 Å². The van der Waals surface area contributed by atoms with Crippen LogP contribution in [0.5, 0.6) is 0 Å². The zero-order chi connectivity index (χ0) is 18.1. The zero-order valence-electron chi connectivity index (χ0n) is 14.8. The summed E-state index contributed by atoms with van der Waals surface area (Å²) in [5, 5.41) is 3.41. The Morgan fingerprint density at radius 3 is 2.00 bits per heavy atom. The van der Waals surface area contributed by atoms with E-state index in [9.17, 15) is 0 Å². The standard InChI is InChI=1S/C25H19NS/c1-3-8-19(9-4-1)25(20-10-5-2-6-11-20)26-16-15-21-18-22(13-14-23(21)26)24-12-7-17-27-24/h1-18,25H. The van der Waals surface area contributed by atoms with Gasteiger partial charge in [0.25, 0.3) is 0 Å². The number of nitrogens with zero attached hydrogens (tertiary/aromatic N) is 1. The Morgan fingerprint density at radius 2 is 1.37 bits per heavy atom. The minimum Gasteiger partial charge on any atom is -0.336 e. The van der Waals surface area contributed by atoms with Gasteiger partial charge >= 0.3 is 0 Å². The van der Waals surface area contributed by atoms with Crippen molar-refractivity contribution in [3.05, 3.63) is 120 Å².